The number of likely N-dealkylation sites (N-methyl/N-ethyl adjacent to an activating group) is 1. The van der Waals surface area contributed by atoms with Gasteiger partial charge in [0.05, 0.1) is 34.1 Å². The molecule has 0 radical (unpaired) electrons. The number of carbonyl (C=O) groups excluding carboxylic acids is 1. The number of carbonyl (C=O) groups is 1. The van der Waals surface area contributed by atoms with Crippen LogP contribution in [0.3, 0.4) is 0 Å². The van der Waals surface area contributed by atoms with Gasteiger partial charge in [-0.05, 0) is 38.2 Å². The van der Waals surface area contributed by atoms with Gasteiger partial charge in [-0.3, -0.25) is 9.69 Å². The van der Waals surface area contributed by atoms with E-state index in [1.807, 2.05) is 37.1 Å². The summed E-state index contributed by atoms with van der Waals surface area (Å²) in [6.45, 7) is 2.26. The van der Waals surface area contributed by atoms with Gasteiger partial charge in [-0.1, -0.05) is 24.3 Å². The monoisotopic (exact) mass is 350 g/mol. The molecule has 1 N–H and O–H groups in total. The number of amides is 1. The summed E-state index contributed by atoms with van der Waals surface area (Å²) in [5, 5.41) is 12.9. The molecule has 6 heteroatoms. The van der Waals surface area contributed by atoms with Gasteiger partial charge in [-0.15, -0.1) is 11.3 Å². The molecule has 0 spiro atoms. The van der Waals surface area contributed by atoms with Crippen LogP contribution >= 0.6 is 11.3 Å². The maximum absolute atomic E-state index is 12.3. The van der Waals surface area contributed by atoms with Crippen LogP contribution < -0.4 is 5.32 Å². The number of para-hydroxylation sites is 2. The topological polar surface area (TPSA) is 69.0 Å². The summed E-state index contributed by atoms with van der Waals surface area (Å²) in [7, 11) is 1.90. The lowest BCUT2D eigenvalue weighted by Gasteiger charge is -2.22. The minimum absolute atomic E-state index is 0.0226. The molecule has 1 atom stereocenters. The van der Waals surface area contributed by atoms with Gasteiger partial charge in [0.2, 0.25) is 5.91 Å². The second-order valence-corrected chi connectivity index (χ2v) is 6.88. The largest absolute Gasteiger partial charge is 0.324 e. The highest BCUT2D eigenvalue weighted by molar-refractivity contribution is 7.18. The number of fused-ring (bicyclic) bond motifs is 1. The molecule has 0 aliphatic heterocycles. The van der Waals surface area contributed by atoms with Gasteiger partial charge in [0.15, 0.2) is 0 Å². The predicted molar refractivity (Wildman–Crippen MR) is 100 cm³/mol. The fraction of sp³-hybridized carbons (Fsp3) is 0.211. The fourth-order valence-electron chi connectivity index (χ4n) is 2.50. The molecule has 5 nitrogen and oxygen atoms in total. The average molecular weight is 350 g/mol. The van der Waals surface area contributed by atoms with E-state index < -0.39 is 0 Å². The van der Waals surface area contributed by atoms with Crippen LogP contribution in [0.4, 0.5) is 5.69 Å². The summed E-state index contributed by atoms with van der Waals surface area (Å²) in [4.78, 5) is 18.9. The molecule has 0 bridgehead atoms. The molecule has 0 saturated carbocycles. The second-order valence-electron chi connectivity index (χ2n) is 5.82. The van der Waals surface area contributed by atoms with Crippen molar-refractivity contribution in [2.45, 2.75) is 13.0 Å². The summed E-state index contributed by atoms with van der Waals surface area (Å²) in [6.07, 6.45) is 0. The van der Waals surface area contributed by atoms with Crippen molar-refractivity contribution >= 4 is 33.1 Å². The van der Waals surface area contributed by atoms with Crippen LogP contribution in [0.1, 0.15) is 23.5 Å². The first-order valence-corrected chi connectivity index (χ1v) is 8.75. The first-order chi connectivity index (χ1) is 12.1. The molecular formula is C19H18N4OS. The summed E-state index contributed by atoms with van der Waals surface area (Å²) < 4.78 is 1.14. The molecule has 25 heavy (non-hydrogen) atoms. The highest BCUT2D eigenvalue weighted by atomic mass is 32.1. The normalized spacial score (nSPS) is 12.1. The Morgan fingerprint density at radius 3 is 2.76 bits per heavy atom. The van der Waals surface area contributed by atoms with Crippen molar-refractivity contribution in [1.82, 2.24) is 9.88 Å². The van der Waals surface area contributed by atoms with E-state index in [0.29, 0.717) is 11.3 Å². The Bertz CT molecular complexity index is 911. The molecule has 1 heterocycles. The van der Waals surface area contributed by atoms with E-state index in [-0.39, 0.29) is 18.5 Å². The van der Waals surface area contributed by atoms with E-state index in [0.717, 1.165) is 15.2 Å². The average Bonchev–Trinajstić information content (AvgIpc) is 3.05. The SMILES string of the molecule is C[C@@H](c1nc2ccccc2s1)N(C)CC(=O)Nc1ccccc1C#N. The Hall–Kier alpha value is -2.75. The smallest absolute Gasteiger partial charge is 0.238 e. The van der Waals surface area contributed by atoms with Crippen molar-refractivity contribution in [2.24, 2.45) is 0 Å². The number of hydrogen-bond acceptors (Lipinski definition) is 5. The van der Waals surface area contributed by atoms with Crippen molar-refractivity contribution in [3.8, 4) is 6.07 Å². The molecular weight excluding hydrogens is 332 g/mol. The minimum Gasteiger partial charge on any atom is -0.324 e. The van der Waals surface area contributed by atoms with Crippen LogP contribution in [0.2, 0.25) is 0 Å². The number of thiazole rings is 1. The molecule has 2 aromatic carbocycles. The lowest BCUT2D eigenvalue weighted by Crippen LogP contribution is -2.32. The third-order valence-electron chi connectivity index (χ3n) is 4.04. The van der Waals surface area contributed by atoms with Crippen molar-refractivity contribution in [3.05, 3.63) is 59.1 Å². The Kier molecular flexibility index (Phi) is 5.08. The van der Waals surface area contributed by atoms with Crippen LogP contribution in [0.5, 0.6) is 0 Å². The zero-order valence-electron chi connectivity index (χ0n) is 14.1. The van der Waals surface area contributed by atoms with Crippen LogP contribution in [-0.2, 0) is 4.79 Å². The van der Waals surface area contributed by atoms with E-state index in [9.17, 15) is 4.79 Å². The zero-order chi connectivity index (χ0) is 17.8. The number of nitriles is 1. The minimum atomic E-state index is -0.154. The number of rotatable bonds is 5. The van der Waals surface area contributed by atoms with Gasteiger partial charge >= 0.3 is 0 Å². The molecule has 3 aromatic rings. The number of aromatic nitrogens is 1. The van der Waals surface area contributed by atoms with E-state index >= 15 is 0 Å². The fourth-order valence-corrected chi connectivity index (χ4v) is 3.58. The quantitative estimate of drug-likeness (QED) is 0.760. The van der Waals surface area contributed by atoms with Gasteiger partial charge in [-0.25, -0.2) is 4.98 Å². The number of nitrogens with one attached hydrogen (secondary N) is 1. The zero-order valence-corrected chi connectivity index (χ0v) is 14.9. The Morgan fingerprint density at radius 2 is 2.00 bits per heavy atom. The summed E-state index contributed by atoms with van der Waals surface area (Å²) >= 11 is 1.64. The van der Waals surface area contributed by atoms with Crippen LogP contribution in [0, 0.1) is 11.3 Å². The van der Waals surface area contributed by atoms with Crippen molar-refractivity contribution in [2.75, 3.05) is 18.9 Å². The Labute approximate surface area is 150 Å². The number of benzene rings is 2. The van der Waals surface area contributed by atoms with Crippen LogP contribution in [0.15, 0.2) is 48.5 Å². The molecule has 0 aliphatic rings. The first-order valence-electron chi connectivity index (χ1n) is 7.93. The van der Waals surface area contributed by atoms with Crippen molar-refractivity contribution in [3.63, 3.8) is 0 Å². The van der Waals surface area contributed by atoms with Crippen LogP contribution in [-0.4, -0.2) is 29.4 Å². The molecule has 0 aliphatic carbocycles. The Morgan fingerprint density at radius 1 is 1.28 bits per heavy atom. The van der Waals surface area contributed by atoms with E-state index in [4.69, 9.17) is 5.26 Å². The molecule has 1 aromatic heterocycles. The van der Waals surface area contributed by atoms with Crippen molar-refractivity contribution in [1.29, 1.82) is 5.26 Å². The third-order valence-corrected chi connectivity index (χ3v) is 5.25. The van der Waals surface area contributed by atoms with E-state index in [2.05, 4.69) is 22.4 Å². The highest BCUT2D eigenvalue weighted by Crippen LogP contribution is 2.28. The Balaban J connectivity index is 1.67. The van der Waals surface area contributed by atoms with Gasteiger partial charge in [-0.2, -0.15) is 5.26 Å². The summed E-state index contributed by atoms with van der Waals surface area (Å²) in [5.74, 6) is -0.154. The lowest BCUT2D eigenvalue weighted by atomic mass is 10.2. The summed E-state index contributed by atoms with van der Waals surface area (Å²) in [6, 6.07) is 17.1. The first kappa shape index (κ1) is 17.1. The molecule has 1 amide bonds. The van der Waals surface area contributed by atoms with Crippen molar-refractivity contribution < 1.29 is 4.79 Å². The number of hydrogen-bond donors (Lipinski definition) is 1. The highest BCUT2D eigenvalue weighted by Gasteiger charge is 2.19. The van der Waals surface area contributed by atoms with Gasteiger partial charge in [0.25, 0.3) is 0 Å². The van der Waals surface area contributed by atoms with Crippen LogP contribution in [0.25, 0.3) is 10.2 Å². The van der Waals surface area contributed by atoms with E-state index in [1.54, 1.807) is 35.6 Å². The molecule has 0 unspecified atom stereocenters. The van der Waals surface area contributed by atoms with Gasteiger partial charge < -0.3 is 5.32 Å². The number of anilines is 1. The molecule has 0 saturated heterocycles. The second kappa shape index (κ2) is 7.43. The molecule has 126 valence electrons. The number of nitrogens with zero attached hydrogens (tertiary/aromatic N) is 3. The van der Waals surface area contributed by atoms with Gasteiger partial charge in [0.1, 0.15) is 11.1 Å². The lowest BCUT2D eigenvalue weighted by molar-refractivity contribution is -0.117. The summed E-state index contributed by atoms with van der Waals surface area (Å²) in [5.41, 5.74) is 1.98. The van der Waals surface area contributed by atoms with Gasteiger partial charge in [0, 0.05) is 0 Å². The maximum Gasteiger partial charge on any atom is 0.238 e. The standard InChI is InChI=1S/C19H18N4OS/c1-13(19-22-16-9-5-6-10-17(16)25-19)23(2)12-18(24)21-15-8-4-3-7-14(15)11-20/h3-10,13H,12H2,1-2H3,(H,21,24)/t13-/m0/s1. The van der Waals surface area contributed by atoms with E-state index in [1.165, 1.54) is 0 Å². The molecule has 0 fully saturated rings. The molecule has 3 rings (SSSR count). The maximum atomic E-state index is 12.3. The third kappa shape index (κ3) is 3.85. The predicted octanol–water partition coefficient (Wildman–Crippen LogP) is 3.80.